The molecule has 182 valence electrons. The average Bonchev–Trinajstić information content (AvgIpc) is 3.24. The molecule has 5 rings (SSSR count). The molecule has 0 saturated carbocycles. The topological polar surface area (TPSA) is 96.8 Å². The zero-order valence-electron chi connectivity index (χ0n) is 19.0. The Bertz CT molecular complexity index is 1500. The number of piperidine rings is 1. The number of hydrazine groups is 1. The van der Waals surface area contributed by atoms with Crippen molar-refractivity contribution in [1.82, 2.24) is 18.9 Å². The van der Waals surface area contributed by atoms with E-state index in [0.29, 0.717) is 24.3 Å². The maximum Gasteiger partial charge on any atom is 0.243 e. The summed E-state index contributed by atoms with van der Waals surface area (Å²) in [4.78, 5) is 4.75. The monoisotopic (exact) mass is 558 g/mol. The number of sulfonamides is 1. The highest BCUT2D eigenvalue weighted by Gasteiger charge is 2.32. The second-order valence-corrected chi connectivity index (χ2v) is 11.3. The molecule has 1 saturated heterocycles. The van der Waals surface area contributed by atoms with Crippen LogP contribution in [0.25, 0.3) is 16.9 Å². The largest absolute Gasteiger partial charge is 0.291 e. The molecule has 0 aliphatic carbocycles. The Morgan fingerprint density at radius 3 is 2.57 bits per heavy atom. The van der Waals surface area contributed by atoms with Crippen molar-refractivity contribution in [3.8, 4) is 11.3 Å². The van der Waals surface area contributed by atoms with E-state index >= 15 is 0 Å². The lowest BCUT2D eigenvalue weighted by Crippen LogP contribution is -2.50. The molecule has 2 aromatic carbocycles. The van der Waals surface area contributed by atoms with Crippen molar-refractivity contribution in [3.63, 3.8) is 0 Å². The molecule has 0 amide bonds. The molecule has 4 aromatic rings. The van der Waals surface area contributed by atoms with Gasteiger partial charge in [0, 0.05) is 30.8 Å². The molecule has 0 atom stereocenters. The van der Waals surface area contributed by atoms with Gasteiger partial charge in [-0.05, 0) is 59.5 Å². The molecule has 1 fully saturated rings. The van der Waals surface area contributed by atoms with Crippen LogP contribution in [0.2, 0.25) is 0 Å². The van der Waals surface area contributed by atoms with E-state index in [1.54, 1.807) is 15.7 Å². The third-order valence-corrected chi connectivity index (χ3v) is 8.80. The number of aromatic nitrogens is 3. The van der Waals surface area contributed by atoms with Crippen LogP contribution in [0.5, 0.6) is 0 Å². The molecule has 0 unspecified atom stereocenters. The minimum atomic E-state index is -3.78. The zero-order valence-corrected chi connectivity index (χ0v) is 21.4. The number of nitrogens with two attached hydrogens (primary N) is 1. The molecule has 2 N–H and O–H groups in total. The van der Waals surface area contributed by atoms with Crippen LogP contribution in [0.1, 0.15) is 18.4 Å². The van der Waals surface area contributed by atoms with Gasteiger partial charge in [0.15, 0.2) is 5.65 Å². The maximum atomic E-state index is 13.6. The molecular weight excluding hydrogens is 535 g/mol. The van der Waals surface area contributed by atoms with Crippen molar-refractivity contribution in [1.29, 1.82) is 0 Å². The fourth-order valence-corrected chi connectivity index (χ4v) is 6.28. The smallest absolute Gasteiger partial charge is 0.243 e. The van der Waals surface area contributed by atoms with Gasteiger partial charge in [0.25, 0.3) is 0 Å². The van der Waals surface area contributed by atoms with Crippen LogP contribution in [-0.4, -0.2) is 46.5 Å². The fraction of sp³-hybridized carbons (Fsp3) is 0.250. The Morgan fingerprint density at radius 1 is 1.11 bits per heavy atom. The van der Waals surface area contributed by atoms with Gasteiger partial charge in [0.05, 0.1) is 21.3 Å². The predicted octanol–water partition coefficient (Wildman–Crippen LogP) is 4.14. The molecule has 3 heterocycles. The van der Waals surface area contributed by atoms with Crippen molar-refractivity contribution in [2.75, 3.05) is 18.1 Å². The number of aryl methyl sites for hydroxylation is 1. The van der Waals surface area contributed by atoms with E-state index in [1.807, 2.05) is 37.3 Å². The summed E-state index contributed by atoms with van der Waals surface area (Å²) in [6, 6.07) is 14.9. The van der Waals surface area contributed by atoms with E-state index in [0.717, 1.165) is 27.4 Å². The molecule has 1 aliphatic rings. The molecule has 35 heavy (non-hydrogen) atoms. The maximum absolute atomic E-state index is 13.6. The highest BCUT2D eigenvalue weighted by Crippen LogP contribution is 2.31. The van der Waals surface area contributed by atoms with Crippen LogP contribution >= 0.6 is 15.9 Å². The minimum Gasteiger partial charge on any atom is -0.291 e. The Kier molecular flexibility index (Phi) is 6.34. The molecule has 0 radical (unpaired) electrons. The minimum absolute atomic E-state index is 0.0411. The molecule has 2 aromatic heterocycles. The second kappa shape index (κ2) is 9.30. The SMILES string of the molecule is Cc1ccccc1-c1cc(N(N)C2CCN(S(=O)(=O)c3cccc(F)c3)CC2)n2ncc(Br)c2n1. The van der Waals surface area contributed by atoms with E-state index in [1.165, 1.54) is 22.5 Å². The van der Waals surface area contributed by atoms with Gasteiger partial charge >= 0.3 is 0 Å². The van der Waals surface area contributed by atoms with Crippen LogP contribution in [0, 0.1) is 12.7 Å². The summed E-state index contributed by atoms with van der Waals surface area (Å²) >= 11 is 3.52. The highest BCUT2D eigenvalue weighted by atomic mass is 79.9. The van der Waals surface area contributed by atoms with Crippen molar-refractivity contribution < 1.29 is 12.8 Å². The molecule has 1 aliphatic heterocycles. The summed E-state index contributed by atoms with van der Waals surface area (Å²) < 4.78 is 43.4. The summed E-state index contributed by atoms with van der Waals surface area (Å²) in [7, 11) is -3.78. The number of hydrogen-bond donors (Lipinski definition) is 1. The van der Waals surface area contributed by atoms with Crippen LogP contribution in [0.15, 0.2) is 70.2 Å². The quantitative estimate of drug-likeness (QED) is 0.292. The first-order valence-corrected chi connectivity index (χ1v) is 13.4. The van der Waals surface area contributed by atoms with Crippen molar-refractivity contribution in [2.45, 2.75) is 30.7 Å². The van der Waals surface area contributed by atoms with Gasteiger partial charge in [-0.1, -0.05) is 30.3 Å². The van der Waals surface area contributed by atoms with E-state index < -0.39 is 15.8 Å². The van der Waals surface area contributed by atoms with Gasteiger partial charge in [-0.3, -0.25) is 5.01 Å². The first kappa shape index (κ1) is 23.9. The lowest BCUT2D eigenvalue weighted by atomic mass is 10.0. The molecular formula is C24H24BrFN6O2S. The fourth-order valence-electron chi connectivity index (χ4n) is 4.43. The lowest BCUT2D eigenvalue weighted by Gasteiger charge is -2.36. The summed E-state index contributed by atoms with van der Waals surface area (Å²) in [5.74, 6) is 6.71. The van der Waals surface area contributed by atoms with Crippen molar-refractivity contribution in [2.24, 2.45) is 5.84 Å². The number of benzene rings is 2. The normalized spacial score (nSPS) is 15.5. The zero-order chi connectivity index (χ0) is 24.7. The van der Waals surface area contributed by atoms with Crippen LogP contribution < -0.4 is 10.9 Å². The second-order valence-electron chi connectivity index (χ2n) is 8.54. The van der Waals surface area contributed by atoms with E-state index in [2.05, 4.69) is 21.0 Å². The first-order chi connectivity index (χ1) is 16.8. The van der Waals surface area contributed by atoms with Crippen molar-refractivity contribution in [3.05, 3.63) is 76.6 Å². The first-order valence-electron chi connectivity index (χ1n) is 11.2. The van der Waals surface area contributed by atoms with Crippen LogP contribution in [-0.2, 0) is 10.0 Å². The summed E-state index contributed by atoms with van der Waals surface area (Å²) in [6.07, 6.45) is 2.70. The van der Waals surface area contributed by atoms with Gasteiger partial charge in [0.1, 0.15) is 11.6 Å². The number of anilines is 1. The molecule has 0 bridgehead atoms. The third-order valence-electron chi connectivity index (χ3n) is 6.35. The van der Waals surface area contributed by atoms with E-state index in [9.17, 15) is 12.8 Å². The molecule has 11 heteroatoms. The van der Waals surface area contributed by atoms with Gasteiger partial charge in [-0.2, -0.15) is 13.9 Å². The summed E-state index contributed by atoms with van der Waals surface area (Å²) in [5, 5.41) is 6.09. The van der Waals surface area contributed by atoms with Gasteiger partial charge < -0.3 is 0 Å². The Labute approximate surface area is 211 Å². The third kappa shape index (κ3) is 4.44. The lowest BCUT2D eigenvalue weighted by molar-refractivity contribution is 0.309. The number of hydrogen-bond acceptors (Lipinski definition) is 6. The average molecular weight is 559 g/mol. The van der Waals surface area contributed by atoms with Crippen LogP contribution in [0.3, 0.4) is 0 Å². The highest BCUT2D eigenvalue weighted by molar-refractivity contribution is 9.10. The predicted molar refractivity (Wildman–Crippen MR) is 136 cm³/mol. The summed E-state index contributed by atoms with van der Waals surface area (Å²) in [5.41, 5.74) is 3.50. The standard InChI is InChI=1S/C24H24BrFN6O2S/c1-16-5-2-3-8-20(16)22-14-23(32-24(29-22)21(25)15-28-32)31(27)18-9-11-30(12-10-18)35(33,34)19-7-4-6-17(26)13-19/h2-8,13-15,18H,9-12,27H2,1H3. The van der Waals surface area contributed by atoms with Crippen molar-refractivity contribution >= 4 is 37.4 Å². The Hall–Kier alpha value is -2.86. The summed E-state index contributed by atoms with van der Waals surface area (Å²) in [6.45, 7) is 2.58. The van der Waals surface area contributed by atoms with E-state index in [4.69, 9.17) is 10.8 Å². The Morgan fingerprint density at radius 2 is 1.86 bits per heavy atom. The van der Waals surface area contributed by atoms with Gasteiger partial charge in [-0.25, -0.2) is 23.6 Å². The number of nitrogens with zero attached hydrogens (tertiary/aromatic N) is 5. The Balaban J connectivity index is 1.42. The number of halogens is 2. The number of fused-ring (bicyclic) bond motifs is 1. The van der Waals surface area contributed by atoms with Crippen LogP contribution in [0.4, 0.5) is 10.2 Å². The van der Waals surface area contributed by atoms with Gasteiger partial charge in [0.2, 0.25) is 10.0 Å². The van der Waals surface area contributed by atoms with Gasteiger partial charge in [-0.15, -0.1) is 0 Å². The molecule has 0 spiro atoms. The van der Waals surface area contributed by atoms with E-state index in [-0.39, 0.29) is 24.0 Å². The number of rotatable bonds is 5. The molecule has 8 nitrogen and oxygen atoms in total.